The van der Waals surface area contributed by atoms with Crippen LogP contribution in [0, 0.1) is 5.82 Å². The van der Waals surface area contributed by atoms with Crippen LogP contribution in [0.15, 0.2) is 78.9 Å². The summed E-state index contributed by atoms with van der Waals surface area (Å²) in [5.74, 6) is -0.281. The van der Waals surface area contributed by atoms with Gasteiger partial charge < -0.3 is 5.32 Å². The number of amides is 2. The number of rotatable bonds is 6. The van der Waals surface area contributed by atoms with E-state index in [1.165, 1.54) is 24.3 Å². The summed E-state index contributed by atoms with van der Waals surface area (Å²) in [6, 6.07) is 22.4. The van der Waals surface area contributed by atoms with Crippen molar-refractivity contribution in [1.82, 2.24) is 9.55 Å². The van der Waals surface area contributed by atoms with Gasteiger partial charge in [0.25, 0.3) is 5.91 Å². The Kier molecular flexibility index (Phi) is 5.15. The minimum absolute atomic E-state index is 0.0363. The molecule has 1 aliphatic rings. The van der Waals surface area contributed by atoms with Crippen LogP contribution < -0.4 is 10.2 Å². The molecule has 3 aromatic carbocycles. The van der Waals surface area contributed by atoms with Crippen molar-refractivity contribution in [3.8, 4) is 0 Å². The van der Waals surface area contributed by atoms with E-state index in [0.717, 1.165) is 16.6 Å². The highest BCUT2D eigenvalue weighted by atomic mass is 19.1. The van der Waals surface area contributed by atoms with Gasteiger partial charge in [-0.3, -0.25) is 19.1 Å². The average molecular weight is 428 g/mol. The highest BCUT2D eigenvalue weighted by Crippen LogP contribution is 2.36. The number of carbonyl (C=O) groups is 2. The highest BCUT2D eigenvalue weighted by Gasteiger charge is 2.40. The third-order valence-electron chi connectivity index (χ3n) is 5.66. The molecule has 32 heavy (non-hydrogen) atoms. The van der Waals surface area contributed by atoms with E-state index in [1.807, 2.05) is 59.2 Å². The number of aromatic nitrogens is 2. The summed E-state index contributed by atoms with van der Waals surface area (Å²) in [6.07, 6.45) is 0.648. The van der Waals surface area contributed by atoms with Crippen LogP contribution in [0.4, 0.5) is 16.0 Å². The molecule has 1 N–H and O–H groups in total. The predicted molar refractivity (Wildman–Crippen MR) is 121 cm³/mol. The van der Waals surface area contributed by atoms with Gasteiger partial charge in [0, 0.05) is 12.2 Å². The monoisotopic (exact) mass is 428 g/mol. The molecule has 1 atom stereocenters. The van der Waals surface area contributed by atoms with E-state index in [1.54, 1.807) is 4.90 Å². The number of imidazole rings is 1. The molecule has 1 aromatic heterocycles. The van der Waals surface area contributed by atoms with Gasteiger partial charge in [0.05, 0.1) is 17.5 Å². The second-order valence-corrected chi connectivity index (χ2v) is 7.77. The first-order valence-corrected chi connectivity index (χ1v) is 10.5. The number of nitrogens with one attached hydrogen (secondary N) is 1. The van der Waals surface area contributed by atoms with Crippen LogP contribution in [0.5, 0.6) is 0 Å². The molecule has 1 unspecified atom stereocenters. The number of anilines is 2. The Labute approximate surface area is 184 Å². The predicted octanol–water partition coefficient (Wildman–Crippen LogP) is 4.33. The summed E-state index contributed by atoms with van der Waals surface area (Å²) >= 11 is 0. The summed E-state index contributed by atoms with van der Waals surface area (Å²) in [4.78, 5) is 32.5. The lowest BCUT2D eigenvalue weighted by Gasteiger charge is -2.16. The normalized spacial score (nSPS) is 15.2. The molecule has 4 aromatic rings. The van der Waals surface area contributed by atoms with Gasteiger partial charge in [-0.1, -0.05) is 42.5 Å². The van der Waals surface area contributed by atoms with Gasteiger partial charge in [0.15, 0.2) is 0 Å². The maximum Gasteiger partial charge on any atom is 0.253 e. The summed E-state index contributed by atoms with van der Waals surface area (Å²) in [5, 5.41) is 2.75. The van der Waals surface area contributed by atoms with E-state index >= 15 is 0 Å². The summed E-state index contributed by atoms with van der Waals surface area (Å²) in [6.45, 7) is 0.474. The molecule has 0 radical (unpaired) electrons. The number of nitrogens with zero attached hydrogens (tertiary/aromatic N) is 3. The maximum absolute atomic E-state index is 13.4. The van der Waals surface area contributed by atoms with Crippen LogP contribution in [-0.2, 0) is 16.0 Å². The molecule has 5 rings (SSSR count). The van der Waals surface area contributed by atoms with Crippen molar-refractivity contribution in [1.29, 1.82) is 0 Å². The number of hydrogen-bond acceptors (Lipinski definition) is 3. The first-order chi connectivity index (χ1) is 15.6. The first-order valence-electron chi connectivity index (χ1n) is 10.5. The second-order valence-electron chi connectivity index (χ2n) is 7.77. The standard InChI is InChI=1S/C25H21FN4O2/c26-18-10-12-19(13-11-18)27-23(31)16-22-24(32)29(15-14-17-6-2-1-3-7-17)25-28-20-8-4-5-9-21(20)30(22)25/h1-13,22H,14-16H2,(H,27,31). The zero-order valence-corrected chi connectivity index (χ0v) is 17.2. The molecule has 0 bridgehead atoms. The van der Waals surface area contributed by atoms with Gasteiger partial charge in [0.1, 0.15) is 11.9 Å². The molecule has 2 amide bonds. The Morgan fingerprint density at radius 1 is 0.969 bits per heavy atom. The topological polar surface area (TPSA) is 67.2 Å². The summed E-state index contributed by atoms with van der Waals surface area (Å²) in [5.41, 5.74) is 3.21. The van der Waals surface area contributed by atoms with Crippen molar-refractivity contribution in [3.05, 3.63) is 90.2 Å². The molecule has 1 aliphatic heterocycles. The largest absolute Gasteiger partial charge is 0.326 e. The molecule has 0 spiro atoms. The number of fused-ring (bicyclic) bond motifs is 3. The Morgan fingerprint density at radius 2 is 1.69 bits per heavy atom. The minimum atomic E-state index is -0.686. The zero-order chi connectivity index (χ0) is 22.1. The quantitative estimate of drug-likeness (QED) is 0.497. The SMILES string of the molecule is O=C(CC1C(=O)N(CCc2ccccc2)c2nc3ccccc3n21)Nc1ccc(F)cc1. The van der Waals surface area contributed by atoms with Crippen molar-refractivity contribution in [2.75, 3.05) is 16.8 Å². The van der Waals surface area contributed by atoms with E-state index in [0.29, 0.717) is 24.6 Å². The van der Waals surface area contributed by atoms with Crippen molar-refractivity contribution >= 4 is 34.5 Å². The van der Waals surface area contributed by atoms with Crippen molar-refractivity contribution in [2.24, 2.45) is 0 Å². The molecular formula is C25H21FN4O2. The molecule has 7 heteroatoms. The first kappa shape index (κ1) is 19.9. The lowest BCUT2D eigenvalue weighted by Crippen LogP contribution is -2.33. The van der Waals surface area contributed by atoms with Crippen LogP contribution in [0.25, 0.3) is 11.0 Å². The van der Waals surface area contributed by atoms with Gasteiger partial charge >= 0.3 is 0 Å². The molecule has 2 heterocycles. The van der Waals surface area contributed by atoms with Crippen LogP contribution in [0.3, 0.4) is 0 Å². The number of benzene rings is 3. The van der Waals surface area contributed by atoms with Gasteiger partial charge in [-0.05, 0) is 48.4 Å². The molecule has 0 fully saturated rings. The van der Waals surface area contributed by atoms with E-state index in [-0.39, 0.29) is 24.1 Å². The highest BCUT2D eigenvalue weighted by molar-refractivity contribution is 6.05. The van der Waals surface area contributed by atoms with Gasteiger partial charge in [-0.2, -0.15) is 0 Å². The van der Waals surface area contributed by atoms with Gasteiger partial charge in [-0.15, -0.1) is 0 Å². The average Bonchev–Trinajstić information content (AvgIpc) is 3.29. The van der Waals surface area contributed by atoms with Crippen LogP contribution >= 0.6 is 0 Å². The molecule has 160 valence electrons. The third kappa shape index (κ3) is 3.73. The lowest BCUT2D eigenvalue weighted by molar-refractivity contribution is -0.124. The minimum Gasteiger partial charge on any atom is -0.326 e. The zero-order valence-electron chi connectivity index (χ0n) is 17.2. The summed E-state index contributed by atoms with van der Waals surface area (Å²) < 4.78 is 15.0. The molecular weight excluding hydrogens is 407 g/mol. The maximum atomic E-state index is 13.4. The van der Waals surface area contributed by atoms with Crippen LogP contribution in [0.2, 0.25) is 0 Å². The van der Waals surface area contributed by atoms with Crippen LogP contribution in [-0.4, -0.2) is 27.9 Å². The van der Waals surface area contributed by atoms with E-state index < -0.39 is 6.04 Å². The van der Waals surface area contributed by atoms with Gasteiger partial charge in [-0.25, -0.2) is 9.37 Å². The fourth-order valence-electron chi connectivity index (χ4n) is 4.11. The lowest BCUT2D eigenvalue weighted by atomic mass is 10.1. The number of carbonyl (C=O) groups excluding carboxylic acids is 2. The third-order valence-corrected chi connectivity index (χ3v) is 5.66. The van der Waals surface area contributed by atoms with E-state index in [9.17, 15) is 14.0 Å². The van der Waals surface area contributed by atoms with Crippen molar-refractivity contribution in [3.63, 3.8) is 0 Å². The van der Waals surface area contributed by atoms with Crippen molar-refractivity contribution in [2.45, 2.75) is 18.9 Å². The molecule has 0 aliphatic carbocycles. The number of para-hydroxylation sites is 2. The van der Waals surface area contributed by atoms with E-state index in [2.05, 4.69) is 10.3 Å². The molecule has 0 saturated carbocycles. The Hall–Kier alpha value is -4.00. The Morgan fingerprint density at radius 3 is 2.47 bits per heavy atom. The second kappa shape index (κ2) is 8.26. The fourth-order valence-corrected chi connectivity index (χ4v) is 4.11. The fraction of sp³-hybridized carbons (Fsp3) is 0.160. The van der Waals surface area contributed by atoms with Crippen molar-refractivity contribution < 1.29 is 14.0 Å². The summed E-state index contributed by atoms with van der Waals surface area (Å²) in [7, 11) is 0. The number of hydrogen-bond donors (Lipinski definition) is 1. The smallest absolute Gasteiger partial charge is 0.253 e. The Balaban J connectivity index is 1.41. The molecule has 0 saturated heterocycles. The van der Waals surface area contributed by atoms with E-state index in [4.69, 9.17) is 0 Å². The Bertz CT molecular complexity index is 1280. The molecule has 6 nitrogen and oxygen atoms in total. The van der Waals surface area contributed by atoms with Crippen LogP contribution in [0.1, 0.15) is 18.0 Å². The number of halogens is 1. The van der Waals surface area contributed by atoms with Gasteiger partial charge in [0.2, 0.25) is 11.9 Å².